The van der Waals surface area contributed by atoms with Gasteiger partial charge >= 0.3 is 5.69 Å². The quantitative estimate of drug-likeness (QED) is 0.912. The highest BCUT2D eigenvalue weighted by Crippen LogP contribution is 2.24. The maximum absolute atomic E-state index is 12.0. The molecule has 1 aromatic carbocycles. The van der Waals surface area contributed by atoms with Crippen molar-refractivity contribution in [3.05, 3.63) is 61.8 Å². The molecule has 112 valence electrons. The molecule has 0 bridgehead atoms. The number of nitrogens with zero attached hydrogens (tertiary/aromatic N) is 1. The van der Waals surface area contributed by atoms with E-state index in [0.29, 0.717) is 10.8 Å². The minimum Gasteiger partial charge on any atom is -0.365 e. The standard InChI is InChI=1S/C15H18ClN3O2/c1-9(2)19-14(20)8-13(18-15(19)21)17-10(3)11-6-4-5-7-12(11)16/h4-10,17H,1-3H3,(H,18,21)/t10-/m0/s1. The lowest BCUT2D eigenvalue weighted by atomic mass is 10.1. The molecule has 0 fully saturated rings. The summed E-state index contributed by atoms with van der Waals surface area (Å²) in [6, 6.07) is 8.50. The molecule has 0 unspecified atom stereocenters. The van der Waals surface area contributed by atoms with E-state index in [2.05, 4.69) is 10.3 Å². The smallest absolute Gasteiger partial charge is 0.330 e. The summed E-state index contributed by atoms with van der Waals surface area (Å²) in [5, 5.41) is 3.73. The van der Waals surface area contributed by atoms with E-state index >= 15 is 0 Å². The van der Waals surface area contributed by atoms with Gasteiger partial charge in [0.1, 0.15) is 5.82 Å². The Kier molecular flexibility index (Phi) is 4.53. The molecule has 0 saturated carbocycles. The summed E-state index contributed by atoms with van der Waals surface area (Å²) in [5.41, 5.74) is 0.141. The number of nitrogens with one attached hydrogen (secondary N) is 2. The van der Waals surface area contributed by atoms with E-state index in [1.165, 1.54) is 10.6 Å². The lowest BCUT2D eigenvalue weighted by Gasteiger charge is -2.17. The fraction of sp³-hybridized carbons (Fsp3) is 0.333. The first kappa shape index (κ1) is 15.4. The van der Waals surface area contributed by atoms with Gasteiger partial charge in [0.25, 0.3) is 5.56 Å². The van der Waals surface area contributed by atoms with Gasteiger partial charge in [-0.05, 0) is 32.4 Å². The summed E-state index contributed by atoms with van der Waals surface area (Å²) in [5.74, 6) is 0.384. The van der Waals surface area contributed by atoms with Crippen molar-refractivity contribution >= 4 is 17.4 Å². The first-order valence-corrected chi connectivity index (χ1v) is 7.14. The van der Waals surface area contributed by atoms with Crippen LogP contribution in [0.3, 0.4) is 0 Å². The third kappa shape index (κ3) is 3.36. The van der Waals surface area contributed by atoms with Gasteiger partial charge in [0, 0.05) is 17.1 Å². The van der Waals surface area contributed by atoms with Crippen LogP contribution in [0.4, 0.5) is 5.82 Å². The van der Waals surface area contributed by atoms with Crippen molar-refractivity contribution < 1.29 is 0 Å². The average Bonchev–Trinajstić information content (AvgIpc) is 2.37. The molecule has 0 saturated heterocycles. The second kappa shape index (κ2) is 6.18. The second-order valence-electron chi connectivity index (χ2n) is 5.18. The predicted octanol–water partition coefficient (Wildman–Crippen LogP) is 2.94. The zero-order chi connectivity index (χ0) is 15.6. The molecule has 0 amide bonds. The molecule has 6 heteroatoms. The predicted molar refractivity (Wildman–Crippen MR) is 85.2 cm³/mol. The Bertz CT molecular complexity index is 718. The van der Waals surface area contributed by atoms with Crippen molar-refractivity contribution in [1.82, 2.24) is 9.55 Å². The first-order chi connectivity index (χ1) is 9.90. The average molecular weight is 308 g/mol. The molecule has 2 rings (SSSR count). The number of anilines is 1. The third-order valence-electron chi connectivity index (χ3n) is 3.23. The molecule has 2 aromatic rings. The highest BCUT2D eigenvalue weighted by Gasteiger charge is 2.12. The Labute approximate surface area is 127 Å². The van der Waals surface area contributed by atoms with Gasteiger partial charge in [-0.25, -0.2) is 4.79 Å². The van der Waals surface area contributed by atoms with E-state index in [1.807, 2.05) is 25.1 Å². The van der Waals surface area contributed by atoms with Gasteiger partial charge in [-0.3, -0.25) is 14.3 Å². The number of hydrogen-bond acceptors (Lipinski definition) is 3. The number of benzene rings is 1. The second-order valence-corrected chi connectivity index (χ2v) is 5.58. The number of H-pyrrole nitrogens is 1. The highest BCUT2D eigenvalue weighted by atomic mass is 35.5. The van der Waals surface area contributed by atoms with E-state index in [0.717, 1.165) is 5.56 Å². The molecule has 0 radical (unpaired) electrons. The van der Waals surface area contributed by atoms with Crippen LogP contribution in [-0.4, -0.2) is 9.55 Å². The summed E-state index contributed by atoms with van der Waals surface area (Å²) in [4.78, 5) is 26.6. The Balaban J connectivity index is 2.31. The van der Waals surface area contributed by atoms with Gasteiger partial charge in [-0.2, -0.15) is 0 Å². The summed E-state index contributed by atoms with van der Waals surface area (Å²) < 4.78 is 1.17. The minimum absolute atomic E-state index is 0.136. The van der Waals surface area contributed by atoms with Gasteiger partial charge in [-0.1, -0.05) is 29.8 Å². The van der Waals surface area contributed by atoms with Gasteiger partial charge < -0.3 is 5.32 Å². The van der Waals surface area contributed by atoms with E-state index in [1.54, 1.807) is 19.9 Å². The van der Waals surface area contributed by atoms with E-state index < -0.39 is 5.69 Å². The Morgan fingerprint density at radius 3 is 2.43 bits per heavy atom. The van der Waals surface area contributed by atoms with Gasteiger partial charge in [0.2, 0.25) is 0 Å². The van der Waals surface area contributed by atoms with Crippen LogP contribution in [0, 0.1) is 0 Å². The number of rotatable bonds is 4. The van der Waals surface area contributed by atoms with Gasteiger partial charge in [0.15, 0.2) is 0 Å². The minimum atomic E-state index is -0.425. The van der Waals surface area contributed by atoms with Crippen LogP contribution in [0.2, 0.25) is 5.02 Å². The van der Waals surface area contributed by atoms with Crippen LogP contribution in [0.15, 0.2) is 39.9 Å². The summed E-state index contributed by atoms with van der Waals surface area (Å²) in [6.07, 6.45) is 0. The zero-order valence-corrected chi connectivity index (χ0v) is 12.9. The maximum atomic E-state index is 12.0. The Morgan fingerprint density at radius 1 is 1.19 bits per heavy atom. The fourth-order valence-corrected chi connectivity index (χ4v) is 2.51. The van der Waals surface area contributed by atoms with Crippen molar-refractivity contribution in [3.8, 4) is 0 Å². The largest absolute Gasteiger partial charge is 0.365 e. The fourth-order valence-electron chi connectivity index (χ4n) is 2.21. The van der Waals surface area contributed by atoms with E-state index in [-0.39, 0.29) is 17.6 Å². The van der Waals surface area contributed by atoms with Crippen molar-refractivity contribution in [1.29, 1.82) is 0 Å². The molecule has 0 aliphatic heterocycles. The van der Waals surface area contributed by atoms with Crippen molar-refractivity contribution in [2.75, 3.05) is 5.32 Å². The molecule has 1 atom stereocenters. The summed E-state index contributed by atoms with van der Waals surface area (Å²) >= 11 is 6.14. The van der Waals surface area contributed by atoms with Gasteiger partial charge in [0.05, 0.1) is 6.04 Å². The molecule has 0 spiro atoms. The van der Waals surface area contributed by atoms with Crippen LogP contribution < -0.4 is 16.6 Å². The third-order valence-corrected chi connectivity index (χ3v) is 3.57. The topological polar surface area (TPSA) is 66.9 Å². The maximum Gasteiger partial charge on any atom is 0.330 e. The van der Waals surface area contributed by atoms with Crippen molar-refractivity contribution in [2.24, 2.45) is 0 Å². The molecular formula is C15H18ClN3O2. The molecule has 1 aromatic heterocycles. The Morgan fingerprint density at radius 2 is 1.86 bits per heavy atom. The molecule has 0 aliphatic carbocycles. The van der Waals surface area contributed by atoms with Crippen LogP contribution in [0.25, 0.3) is 0 Å². The highest BCUT2D eigenvalue weighted by molar-refractivity contribution is 6.31. The van der Waals surface area contributed by atoms with Crippen LogP contribution in [0.1, 0.15) is 38.4 Å². The summed E-state index contributed by atoms with van der Waals surface area (Å²) in [6.45, 7) is 5.49. The van der Waals surface area contributed by atoms with Crippen molar-refractivity contribution in [3.63, 3.8) is 0 Å². The van der Waals surface area contributed by atoms with Crippen LogP contribution in [-0.2, 0) is 0 Å². The van der Waals surface area contributed by atoms with E-state index in [9.17, 15) is 9.59 Å². The SMILES string of the molecule is CC(C)n1c(=O)cc(N[C@@H](C)c2ccccc2Cl)[nH]c1=O. The van der Waals surface area contributed by atoms with Gasteiger partial charge in [-0.15, -0.1) is 0 Å². The first-order valence-electron chi connectivity index (χ1n) is 6.77. The van der Waals surface area contributed by atoms with E-state index in [4.69, 9.17) is 11.6 Å². The molecule has 2 N–H and O–H groups in total. The lowest BCUT2D eigenvalue weighted by molar-refractivity contribution is 0.546. The number of aromatic amines is 1. The molecular weight excluding hydrogens is 290 g/mol. The lowest BCUT2D eigenvalue weighted by Crippen LogP contribution is -2.36. The summed E-state index contributed by atoms with van der Waals surface area (Å²) in [7, 11) is 0. The molecule has 21 heavy (non-hydrogen) atoms. The monoisotopic (exact) mass is 307 g/mol. The molecule has 1 heterocycles. The van der Waals surface area contributed by atoms with Crippen molar-refractivity contribution in [2.45, 2.75) is 32.9 Å². The number of halogens is 1. The molecule has 0 aliphatic rings. The number of aromatic nitrogens is 2. The number of hydrogen-bond donors (Lipinski definition) is 2. The van der Waals surface area contributed by atoms with Crippen LogP contribution >= 0.6 is 11.6 Å². The Hall–Kier alpha value is -2.01. The zero-order valence-electron chi connectivity index (χ0n) is 12.2. The molecule has 5 nitrogen and oxygen atoms in total. The van der Waals surface area contributed by atoms with Crippen LogP contribution in [0.5, 0.6) is 0 Å². The normalized spacial score (nSPS) is 12.4.